The number of carboxylic acid groups (broad SMARTS) is 1. The molecule has 0 spiro atoms. The van der Waals surface area contributed by atoms with Crippen LogP contribution in [0.2, 0.25) is 5.02 Å². The van der Waals surface area contributed by atoms with Crippen molar-refractivity contribution in [3.63, 3.8) is 0 Å². The molecule has 9 nitrogen and oxygen atoms in total. The number of carboxylic acids is 1. The summed E-state index contributed by atoms with van der Waals surface area (Å²) in [4.78, 5) is 36.7. The Morgan fingerprint density at radius 1 is 1.21 bits per heavy atom. The SMILES string of the molecule is Cc1ccc(S(=O)(=O)NC(CNC(=O)c2cn(C)c3cc(Cl)c(F)cc3c2=O)C(=O)O)cc1. The number of rotatable bonds is 7. The summed E-state index contributed by atoms with van der Waals surface area (Å²) < 4.78 is 42.2. The largest absolute Gasteiger partial charge is 0.480 e. The maximum atomic E-state index is 13.8. The van der Waals surface area contributed by atoms with Gasteiger partial charge in [-0.2, -0.15) is 4.72 Å². The zero-order chi connectivity index (χ0) is 24.5. The van der Waals surface area contributed by atoms with Gasteiger partial charge >= 0.3 is 5.97 Å². The van der Waals surface area contributed by atoms with Crippen molar-refractivity contribution >= 4 is 44.4 Å². The molecule has 174 valence electrons. The van der Waals surface area contributed by atoms with Crippen LogP contribution < -0.4 is 15.5 Å². The van der Waals surface area contributed by atoms with Gasteiger partial charge in [-0.05, 0) is 31.2 Å². The first-order valence-corrected chi connectivity index (χ1v) is 11.3. The van der Waals surface area contributed by atoms with E-state index in [4.69, 9.17) is 11.6 Å². The summed E-state index contributed by atoms with van der Waals surface area (Å²) in [7, 11) is -2.67. The number of benzene rings is 2. The molecule has 0 radical (unpaired) electrons. The maximum Gasteiger partial charge on any atom is 0.323 e. The zero-order valence-electron chi connectivity index (χ0n) is 17.4. The summed E-state index contributed by atoms with van der Waals surface area (Å²) in [5, 5.41) is 11.4. The van der Waals surface area contributed by atoms with Crippen molar-refractivity contribution < 1.29 is 27.5 Å². The van der Waals surface area contributed by atoms with E-state index in [-0.39, 0.29) is 26.4 Å². The molecule has 0 aliphatic carbocycles. The van der Waals surface area contributed by atoms with Crippen LogP contribution in [0.15, 0.2) is 52.3 Å². The molecule has 0 bridgehead atoms. The van der Waals surface area contributed by atoms with Crippen LogP contribution in [0.3, 0.4) is 0 Å². The van der Waals surface area contributed by atoms with E-state index >= 15 is 0 Å². The number of sulfonamides is 1. The molecule has 0 fully saturated rings. The second-order valence-electron chi connectivity index (χ2n) is 7.30. The fraction of sp³-hybridized carbons (Fsp3) is 0.190. The van der Waals surface area contributed by atoms with E-state index in [2.05, 4.69) is 5.32 Å². The van der Waals surface area contributed by atoms with Crippen LogP contribution in [-0.2, 0) is 21.9 Å². The summed E-state index contributed by atoms with van der Waals surface area (Å²) in [6.07, 6.45) is 1.19. The van der Waals surface area contributed by atoms with Gasteiger partial charge in [-0.1, -0.05) is 29.3 Å². The second-order valence-corrected chi connectivity index (χ2v) is 9.42. The summed E-state index contributed by atoms with van der Waals surface area (Å²) in [5.74, 6) is -3.32. The zero-order valence-corrected chi connectivity index (χ0v) is 19.0. The summed E-state index contributed by atoms with van der Waals surface area (Å²) in [6, 6.07) is 6.19. The van der Waals surface area contributed by atoms with Crippen molar-refractivity contribution in [2.45, 2.75) is 17.9 Å². The quantitative estimate of drug-likeness (QED) is 0.457. The number of halogens is 2. The smallest absolute Gasteiger partial charge is 0.323 e. The Bertz CT molecular complexity index is 1420. The topological polar surface area (TPSA) is 135 Å². The highest BCUT2D eigenvalue weighted by Crippen LogP contribution is 2.21. The highest BCUT2D eigenvalue weighted by Gasteiger charge is 2.26. The van der Waals surface area contributed by atoms with Gasteiger partial charge in [-0.15, -0.1) is 0 Å². The molecule has 3 N–H and O–H groups in total. The third-order valence-electron chi connectivity index (χ3n) is 4.87. The average Bonchev–Trinajstić information content (AvgIpc) is 2.75. The van der Waals surface area contributed by atoms with Gasteiger partial charge in [0.2, 0.25) is 15.5 Å². The standard InChI is InChI=1S/C21H19ClFN3O6S/c1-11-3-5-12(6-4-11)33(31,32)25-17(21(29)30)9-24-20(28)14-10-26(2)18-8-15(22)16(23)7-13(18)19(14)27/h3-8,10,17,25H,9H2,1-2H3,(H,24,28)(H,29,30). The Labute approximate surface area is 192 Å². The first-order valence-electron chi connectivity index (χ1n) is 9.49. The molecule has 3 rings (SSSR count). The highest BCUT2D eigenvalue weighted by molar-refractivity contribution is 7.89. The molecule has 1 aromatic heterocycles. The van der Waals surface area contributed by atoms with Gasteiger partial charge < -0.3 is 15.0 Å². The number of carbonyl (C=O) groups excluding carboxylic acids is 1. The van der Waals surface area contributed by atoms with Crippen LogP contribution in [0, 0.1) is 12.7 Å². The van der Waals surface area contributed by atoms with Crippen molar-refractivity contribution in [1.29, 1.82) is 0 Å². The van der Waals surface area contributed by atoms with Gasteiger partial charge in [-0.3, -0.25) is 14.4 Å². The number of nitrogens with one attached hydrogen (secondary N) is 2. The Morgan fingerprint density at radius 2 is 1.85 bits per heavy atom. The number of aromatic nitrogens is 1. The predicted molar refractivity (Wildman–Crippen MR) is 119 cm³/mol. The molecule has 1 heterocycles. The number of amides is 1. The lowest BCUT2D eigenvalue weighted by molar-refractivity contribution is -0.138. The van der Waals surface area contributed by atoms with E-state index in [1.54, 1.807) is 19.1 Å². The molecular formula is C21H19ClFN3O6S. The molecular weight excluding hydrogens is 477 g/mol. The highest BCUT2D eigenvalue weighted by atomic mass is 35.5. The van der Waals surface area contributed by atoms with Crippen LogP contribution in [0.4, 0.5) is 4.39 Å². The molecule has 3 aromatic rings. The number of pyridine rings is 1. The number of hydrogen-bond donors (Lipinski definition) is 3. The predicted octanol–water partition coefficient (Wildman–Crippen LogP) is 1.80. The number of nitrogens with zero attached hydrogens (tertiary/aromatic N) is 1. The van der Waals surface area contributed by atoms with Crippen LogP contribution in [0.5, 0.6) is 0 Å². The minimum atomic E-state index is -4.19. The van der Waals surface area contributed by atoms with E-state index in [1.165, 1.54) is 36.0 Å². The van der Waals surface area contributed by atoms with Crippen LogP contribution >= 0.6 is 11.6 Å². The Morgan fingerprint density at radius 3 is 2.45 bits per heavy atom. The van der Waals surface area contributed by atoms with E-state index in [1.807, 2.05) is 4.72 Å². The number of aliphatic carboxylic acids is 1. The lowest BCUT2D eigenvalue weighted by Crippen LogP contribution is -2.48. The van der Waals surface area contributed by atoms with Gasteiger partial charge in [0.25, 0.3) is 5.91 Å². The monoisotopic (exact) mass is 495 g/mol. The lowest BCUT2D eigenvalue weighted by Gasteiger charge is -2.16. The number of hydrogen-bond acceptors (Lipinski definition) is 5. The molecule has 12 heteroatoms. The first-order chi connectivity index (χ1) is 15.4. The summed E-state index contributed by atoms with van der Waals surface area (Å²) in [6.45, 7) is 1.12. The van der Waals surface area contributed by atoms with E-state index < -0.39 is 45.7 Å². The van der Waals surface area contributed by atoms with Crippen LogP contribution in [0.25, 0.3) is 10.9 Å². The molecule has 1 unspecified atom stereocenters. The van der Waals surface area contributed by atoms with Crippen LogP contribution in [0.1, 0.15) is 15.9 Å². The molecule has 0 aliphatic rings. The maximum absolute atomic E-state index is 13.8. The second kappa shape index (κ2) is 9.30. The Kier molecular flexibility index (Phi) is 6.86. The van der Waals surface area contributed by atoms with E-state index in [9.17, 15) is 32.3 Å². The Balaban J connectivity index is 1.83. The molecule has 33 heavy (non-hydrogen) atoms. The fourth-order valence-corrected chi connectivity index (χ4v) is 4.43. The summed E-state index contributed by atoms with van der Waals surface area (Å²) in [5.41, 5.74) is -0.0622. The fourth-order valence-electron chi connectivity index (χ4n) is 3.08. The molecule has 1 atom stereocenters. The van der Waals surface area contributed by atoms with Gasteiger partial charge in [0.15, 0.2) is 0 Å². The minimum Gasteiger partial charge on any atom is -0.480 e. The molecule has 2 aromatic carbocycles. The number of fused-ring (bicyclic) bond motifs is 1. The molecule has 0 saturated heterocycles. The molecule has 0 aliphatic heterocycles. The molecule has 0 saturated carbocycles. The van der Waals surface area contributed by atoms with Crippen molar-refractivity contribution in [3.8, 4) is 0 Å². The van der Waals surface area contributed by atoms with Crippen LogP contribution in [-0.4, -0.2) is 42.6 Å². The van der Waals surface area contributed by atoms with Crippen molar-refractivity contribution in [3.05, 3.63) is 74.8 Å². The van der Waals surface area contributed by atoms with E-state index in [0.717, 1.165) is 11.6 Å². The van der Waals surface area contributed by atoms with Crippen molar-refractivity contribution in [2.24, 2.45) is 7.05 Å². The average molecular weight is 496 g/mol. The van der Waals surface area contributed by atoms with Gasteiger partial charge in [0, 0.05) is 25.2 Å². The Hall–Kier alpha value is -3.28. The minimum absolute atomic E-state index is 0.0955. The number of aryl methyl sites for hydroxylation is 2. The summed E-state index contributed by atoms with van der Waals surface area (Å²) >= 11 is 5.75. The van der Waals surface area contributed by atoms with Gasteiger partial charge in [-0.25, -0.2) is 12.8 Å². The normalized spacial score (nSPS) is 12.5. The van der Waals surface area contributed by atoms with E-state index in [0.29, 0.717) is 0 Å². The van der Waals surface area contributed by atoms with Crippen molar-refractivity contribution in [1.82, 2.24) is 14.6 Å². The van der Waals surface area contributed by atoms with Gasteiger partial charge in [0.1, 0.15) is 17.4 Å². The third-order valence-corrected chi connectivity index (χ3v) is 6.65. The number of carbonyl (C=O) groups is 2. The first kappa shape index (κ1) is 24.4. The van der Waals surface area contributed by atoms with Gasteiger partial charge in [0.05, 0.1) is 15.4 Å². The molecule has 1 amide bonds. The lowest BCUT2D eigenvalue weighted by atomic mass is 10.1. The van der Waals surface area contributed by atoms with Crippen molar-refractivity contribution in [2.75, 3.05) is 6.54 Å². The third kappa shape index (κ3) is 5.21.